The fourth-order valence-corrected chi connectivity index (χ4v) is 6.97. The Morgan fingerprint density at radius 2 is 1.16 bits per heavy atom. The van der Waals surface area contributed by atoms with E-state index in [4.69, 9.17) is 0 Å². The van der Waals surface area contributed by atoms with Gasteiger partial charge in [0.2, 0.25) is 0 Å². The minimum absolute atomic E-state index is 0.00264. The zero-order valence-electron chi connectivity index (χ0n) is 23.4. The van der Waals surface area contributed by atoms with Crippen molar-refractivity contribution in [2.45, 2.75) is 0 Å². The van der Waals surface area contributed by atoms with E-state index in [0.717, 1.165) is 15.3 Å². The van der Waals surface area contributed by atoms with Gasteiger partial charge in [0.15, 0.2) is 0 Å². The lowest BCUT2D eigenvalue weighted by Crippen LogP contribution is -2.02. The second kappa shape index (κ2) is 10.3. The van der Waals surface area contributed by atoms with E-state index in [2.05, 4.69) is 81.7 Å². The summed E-state index contributed by atoms with van der Waals surface area (Å²) in [7, 11) is 0. The smallest absolute Gasteiger partial charge is 0.335 e. The first-order valence-corrected chi connectivity index (χ1v) is 14.9. The van der Waals surface area contributed by atoms with E-state index in [9.17, 15) is 19.8 Å². The number of rotatable bonds is 6. The van der Waals surface area contributed by atoms with Gasteiger partial charge in [-0.2, -0.15) is 0 Å². The summed E-state index contributed by atoms with van der Waals surface area (Å²) in [4.78, 5) is 39.1. The lowest BCUT2D eigenvalue weighted by molar-refractivity contribution is 0.0686. The molecule has 0 atom stereocenters. The summed E-state index contributed by atoms with van der Waals surface area (Å²) in [6, 6.07) is 33.2. The Kier molecular flexibility index (Phi) is 6.11. The van der Waals surface area contributed by atoms with Gasteiger partial charge in [-0.1, -0.05) is 54.6 Å². The number of carboxylic acids is 2. The third-order valence-electron chi connectivity index (χ3n) is 8.05. The van der Waals surface area contributed by atoms with Crippen LogP contribution in [0.15, 0.2) is 116 Å². The van der Waals surface area contributed by atoms with Gasteiger partial charge in [0.25, 0.3) is 0 Å². The zero-order chi connectivity index (χ0) is 30.7. The third-order valence-corrected chi connectivity index (χ3v) is 9.22. The number of benzene rings is 4. The Morgan fingerprint density at radius 3 is 1.89 bits per heavy atom. The van der Waals surface area contributed by atoms with Crippen molar-refractivity contribution in [3.05, 3.63) is 127 Å². The van der Waals surface area contributed by atoms with Crippen LogP contribution in [-0.4, -0.2) is 37.1 Å². The van der Waals surface area contributed by atoms with Crippen LogP contribution in [0.1, 0.15) is 20.7 Å². The lowest BCUT2D eigenvalue weighted by atomic mass is 9.91. The molecule has 0 fully saturated rings. The number of carbonyl (C=O) groups is 2. The second-order valence-corrected chi connectivity index (χ2v) is 11.8. The highest BCUT2D eigenvalue weighted by atomic mass is 32.1. The number of hydrogen-bond acceptors (Lipinski definition) is 6. The standard InChI is InChI=1S/C37H21N3O4S/c41-36(42)24-13-15-39-29(17-24)31-19-25(37(43)44)18-30(40-31)28-16-23(12-14-38-28)32-10-11-33(45-32)26-8-6-22-5-4-20-2-1-3-21-7-9-27(26)35(22)34(20)21/h1-19H,(H,41,42)(H,43,44). The van der Waals surface area contributed by atoms with Gasteiger partial charge in [0.05, 0.1) is 33.9 Å². The first kappa shape index (κ1) is 26.6. The number of aromatic carboxylic acids is 2. The molecule has 0 unspecified atom stereocenters. The van der Waals surface area contributed by atoms with Gasteiger partial charge < -0.3 is 10.2 Å². The maximum absolute atomic E-state index is 12.0. The van der Waals surface area contributed by atoms with Crippen molar-refractivity contribution in [1.29, 1.82) is 0 Å². The Bertz CT molecular complexity index is 2450. The van der Waals surface area contributed by atoms with E-state index in [1.165, 1.54) is 68.3 Å². The van der Waals surface area contributed by atoms with E-state index in [0.29, 0.717) is 11.4 Å². The predicted octanol–water partition coefficient (Wildman–Crippen LogP) is 8.89. The number of hydrogen-bond donors (Lipinski definition) is 2. The van der Waals surface area contributed by atoms with Crippen LogP contribution >= 0.6 is 11.3 Å². The highest BCUT2D eigenvalue weighted by molar-refractivity contribution is 7.18. The number of aromatic nitrogens is 3. The minimum atomic E-state index is -1.14. The van der Waals surface area contributed by atoms with E-state index >= 15 is 0 Å². The van der Waals surface area contributed by atoms with Crippen molar-refractivity contribution >= 4 is 55.6 Å². The van der Waals surface area contributed by atoms with Gasteiger partial charge in [-0.15, -0.1) is 11.3 Å². The molecule has 45 heavy (non-hydrogen) atoms. The van der Waals surface area contributed by atoms with Crippen molar-refractivity contribution in [3.63, 3.8) is 0 Å². The summed E-state index contributed by atoms with van der Waals surface area (Å²) < 4.78 is 0. The summed E-state index contributed by atoms with van der Waals surface area (Å²) in [5.74, 6) is -2.25. The molecular formula is C37H21N3O4S. The van der Waals surface area contributed by atoms with Crippen LogP contribution in [0, 0.1) is 0 Å². The monoisotopic (exact) mass is 603 g/mol. The number of carboxylic acid groups (broad SMARTS) is 2. The van der Waals surface area contributed by atoms with Gasteiger partial charge in [0, 0.05) is 22.1 Å². The molecule has 0 saturated carbocycles. The molecule has 0 bridgehead atoms. The van der Waals surface area contributed by atoms with Crippen LogP contribution in [0.4, 0.5) is 0 Å². The fourth-order valence-electron chi connectivity index (χ4n) is 5.93. The van der Waals surface area contributed by atoms with Crippen molar-refractivity contribution in [2.75, 3.05) is 0 Å². The molecule has 0 saturated heterocycles. The molecule has 8 aromatic rings. The van der Waals surface area contributed by atoms with E-state index in [1.54, 1.807) is 17.5 Å². The van der Waals surface area contributed by atoms with Gasteiger partial charge >= 0.3 is 11.9 Å². The average molecular weight is 604 g/mol. The summed E-state index contributed by atoms with van der Waals surface area (Å²) in [6.07, 6.45) is 3.04. The minimum Gasteiger partial charge on any atom is -0.478 e. The summed E-state index contributed by atoms with van der Waals surface area (Å²) >= 11 is 1.68. The van der Waals surface area contributed by atoms with E-state index in [1.807, 2.05) is 12.1 Å². The van der Waals surface area contributed by atoms with Crippen LogP contribution in [-0.2, 0) is 0 Å². The number of pyridine rings is 3. The second-order valence-electron chi connectivity index (χ2n) is 10.7. The Labute approximate surface area is 260 Å². The summed E-state index contributed by atoms with van der Waals surface area (Å²) in [5.41, 5.74) is 3.45. The molecule has 8 rings (SSSR count). The van der Waals surface area contributed by atoms with E-state index in [-0.39, 0.29) is 22.5 Å². The average Bonchev–Trinajstić information content (AvgIpc) is 3.57. The van der Waals surface area contributed by atoms with Gasteiger partial charge in [0.1, 0.15) is 0 Å². The normalized spacial score (nSPS) is 11.5. The molecule has 0 amide bonds. The van der Waals surface area contributed by atoms with Crippen molar-refractivity contribution in [3.8, 4) is 43.7 Å². The van der Waals surface area contributed by atoms with Gasteiger partial charge in [-0.05, 0) is 92.0 Å². The van der Waals surface area contributed by atoms with Crippen LogP contribution in [0.5, 0.6) is 0 Å². The molecule has 7 nitrogen and oxygen atoms in total. The van der Waals surface area contributed by atoms with Crippen LogP contribution in [0.2, 0.25) is 0 Å². The third kappa shape index (κ3) is 4.56. The molecule has 0 aliphatic rings. The molecule has 0 aliphatic heterocycles. The SMILES string of the molecule is O=C(O)c1ccnc(-c2cc(C(=O)O)cc(-c3cc(-c4ccc(-c5ccc6ccc7cccc8ccc5c6c78)s4)ccn3)n2)c1. The molecule has 8 heteroatoms. The first-order chi connectivity index (χ1) is 21.9. The summed E-state index contributed by atoms with van der Waals surface area (Å²) in [5, 5.41) is 26.7. The molecule has 0 spiro atoms. The Hall–Kier alpha value is -5.99. The maximum atomic E-state index is 12.0. The lowest BCUT2D eigenvalue weighted by Gasteiger charge is -2.13. The maximum Gasteiger partial charge on any atom is 0.335 e. The molecule has 4 heterocycles. The quantitative estimate of drug-likeness (QED) is 0.182. The van der Waals surface area contributed by atoms with Gasteiger partial charge in [-0.25, -0.2) is 14.6 Å². The highest BCUT2D eigenvalue weighted by Crippen LogP contribution is 2.42. The van der Waals surface area contributed by atoms with Crippen molar-refractivity contribution in [2.24, 2.45) is 0 Å². The first-order valence-electron chi connectivity index (χ1n) is 14.1. The molecule has 214 valence electrons. The zero-order valence-corrected chi connectivity index (χ0v) is 24.2. The number of thiophene rings is 1. The van der Waals surface area contributed by atoms with Crippen molar-refractivity contribution in [1.82, 2.24) is 15.0 Å². The van der Waals surface area contributed by atoms with Crippen molar-refractivity contribution < 1.29 is 19.8 Å². The molecule has 2 N–H and O–H groups in total. The molecule has 0 aliphatic carbocycles. The molecule has 4 aromatic carbocycles. The summed E-state index contributed by atoms with van der Waals surface area (Å²) in [6.45, 7) is 0. The topological polar surface area (TPSA) is 113 Å². The number of nitrogens with zero attached hydrogens (tertiary/aromatic N) is 3. The molecular weight excluding hydrogens is 582 g/mol. The van der Waals surface area contributed by atoms with Crippen LogP contribution < -0.4 is 0 Å². The largest absolute Gasteiger partial charge is 0.478 e. The predicted molar refractivity (Wildman–Crippen MR) is 177 cm³/mol. The highest BCUT2D eigenvalue weighted by Gasteiger charge is 2.17. The Balaban J connectivity index is 1.20. The van der Waals surface area contributed by atoms with E-state index < -0.39 is 11.9 Å². The fraction of sp³-hybridized carbons (Fsp3) is 0. The Morgan fingerprint density at radius 1 is 0.556 bits per heavy atom. The van der Waals surface area contributed by atoms with Gasteiger partial charge in [-0.3, -0.25) is 9.97 Å². The van der Waals surface area contributed by atoms with Crippen LogP contribution in [0.25, 0.3) is 76.0 Å². The molecule has 0 radical (unpaired) electrons. The van der Waals surface area contributed by atoms with Crippen LogP contribution in [0.3, 0.4) is 0 Å². The molecule has 4 aromatic heterocycles.